The molecule has 19 heavy (non-hydrogen) atoms. The Kier molecular flexibility index (Phi) is 5.21. The first-order valence-electron chi connectivity index (χ1n) is 6.91. The Morgan fingerprint density at radius 1 is 1.42 bits per heavy atom. The van der Waals surface area contributed by atoms with Crippen LogP contribution in [0.4, 0.5) is 0 Å². The smallest absolute Gasteiger partial charge is 0.224 e. The van der Waals surface area contributed by atoms with E-state index in [9.17, 15) is 4.79 Å². The molecule has 0 saturated carbocycles. The van der Waals surface area contributed by atoms with Gasteiger partial charge in [-0.15, -0.1) is 0 Å². The summed E-state index contributed by atoms with van der Waals surface area (Å²) in [6.45, 7) is 1.87. The minimum absolute atomic E-state index is 0.0863. The van der Waals surface area contributed by atoms with Gasteiger partial charge in [-0.2, -0.15) is 0 Å². The Balaban J connectivity index is 1.68. The number of nitrogens with one attached hydrogen (secondary N) is 2. The minimum atomic E-state index is 0.0863. The second-order valence-corrected chi connectivity index (χ2v) is 4.96. The van der Waals surface area contributed by atoms with Crippen LogP contribution in [0.15, 0.2) is 24.3 Å². The van der Waals surface area contributed by atoms with Crippen LogP contribution in [-0.2, 0) is 11.2 Å². The number of methoxy groups -OCH3 is 1. The highest BCUT2D eigenvalue weighted by Gasteiger charge is 2.13. The van der Waals surface area contributed by atoms with Crippen LogP contribution in [0.2, 0.25) is 0 Å². The van der Waals surface area contributed by atoms with E-state index in [1.165, 1.54) is 12.8 Å². The number of benzene rings is 1. The summed E-state index contributed by atoms with van der Waals surface area (Å²) in [4.78, 5) is 11.8. The summed E-state index contributed by atoms with van der Waals surface area (Å²) >= 11 is 0. The third kappa shape index (κ3) is 4.56. The maximum absolute atomic E-state index is 11.8. The molecule has 1 heterocycles. The molecule has 0 aromatic heterocycles. The number of carbonyl (C=O) groups is 1. The lowest BCUT2D eigenvalue weighted by Gasteiger charge is -2.10. The SMILES string of the molecule is COc1ccc(CC(=O)NCC[C@@H]2CCCN2)cc1. The van der Waals surface area contributed by atoms with Gasteiger partial charge in [-0.3, -0.25) is 4.79 Å². The molecule has 1 aliphatic rings. The zero-order valence-electron chi connectivity index (χ0n) is 11.4. The van der Waals surface area contributed by atoms with Gasteiger partial charge in [0.05, 0.1) is 13.5 Å². The van der Waals surface area contributed by atoms with Crippen molar-refractivity contribution in [1.82, 2.24) is 10.6 Å². The Labute approximate surface area is 114 Å². The van der Waals surface area contributed by atoms with Crippen molar-refractivity contribution in [3.63, 3.8) is 0 Å². The third-order valence-corrected chi connectivity index (χ3v) is 3.50. The molecular formula is C15H22N2O2. The molecule has 1 aromatic rings. The molecule has 0 unspecified atom stereocenters. The molecule has 104 valence electrons. The van der Waals surface area contributed by atoms with E-state index < -0.39 is 0 Å². The zero-order chi connectivity index (χ0) is 13.5. The van der Waals surface area contributed by atoms with Crippen molar-refractivity contribution in [3.8, 4) is 5.75 Å². The van der Waals surface area contributed by atoms with Crippen LogP contribution in [0.5, 0.6) is 5.75 Å². The minimum Gasteiger partial charge on any atom is -0.497 e. The number of ether oxygens (including phenoxy) is 1. The molecule has 0 aliphatic carbocycles. The summed E-state index contributed by atoms with van der Waals surface area (Å²) < 4.78 is 5.09. The molecule has 1 amide bonds. The fraction of sp³-hybridized carbons (Fsp3) is 0.533. The molecule has 1 saturated heterocycles. The largest absolute Gasteiger partial charge is 0.497 e. The molecular weight excluding hydrogens is 240 g/mol. The fourth-order valence-corrected chi connectivity index (χ4v) is 2.38. The van der Waals surface area contributed by atoms with Crippen molar-refractivity contribution in [2.75, 3.05) is 20.2 Å². The van der Waals surface area contributed by atoms with E-state index in [0.717, 1.165) is 30.8 Å². The van der Waals surface area contributed by atoms with Gasteiger partial charge in [0.2, 0.25) is 5.91 Å². The number of hydrogen-bond acceptors (Lipinski definition) is 3. The zero-order valence-corrected chi connectivity index (χ0v) is 11.4. The quantitative estimate of drug-likeness (QED) is 0.817. The molecule has 4 heteroatoms. The number of amides is 1. The van der Waals surface area contributed by atoms with Crippen molar-refractivity contribution in [1.29, 1.82) is 0 Å². The van der Waals surface area contributed by atoms with E-state index >= 15 is 0 Å². The average Bonchev–Trinajstić information content (AvgIpc) is 2.93. The van der Waals surface area contributed by atoms with Crippen LogP contribution in [0.3, 0.4) is 0 Å². The van der Waals surface area contributed by atoms with Crippen molar-refractivity contribution in [2.24, 2.45) is 0 Å². The van der Waals surface area contributed by atoms with Crippen LogP contribution in [0, 0.1) is 0 Å². The fourth-order valence-electron chi connectivity index (χ4n) is 2.38. The van der Waals surface area contributed by atoms with Gasteiger partial charge in [-0.05, 0) is 43.5 Å². The summed E-state index contributed by atoms with van der Waals surface area (Å²) in [5, 5.41) is 6.40. The predicted molar refractivity (Wildman–Crippen MR) is 75.3 cm³/mol. The first-order chi connectivity index (χ1) is 9.28. The molecule has 1 fully saturated rings. The lowest BCUT2D eigenvalue weighted by Crippen LogP contribution is -2.31. The lowest BCUT2D eigenvalue weighted by molar-refractivity contribution is -0.120. The summed E-state index contributed by atoms with van der Waals surface area (Å²) in [7, 11) is 1.64. The second kappa shape index (κ2) is 7.14. The Morgan fingerprint density at radius 3 is 2.84 bits per heavy atom. The molecule has 0 bridgehead atoms. The molecule has 1 aromatic carbocycles. The van der Waals surface area contributed by atoms with Crippen molar-refractivity contribution >= 4 is 5.91 Å². The van der Waals surface area contributed by atoms with Crippen molar-refractivity contribution in [2.45, 2.75) is 31.7 Å². The van der Waals surface area contributed by atoms with E-state index in [1.54, 1.807) is 7.11 Å². The molecule has 4 nitrogen and oxygen atoms in total. The molecule has 1 aliphatic heterocycles. The van der Waals surface area contributed by atoms with Gasteiger partial charge in [0.15, 0.2) is 0 Å². The highest BCUT2D eigenvalue weighted by molar-refractivity contribution is 5.78. The van der Waals surface area contributed by atoms with Gasteiger partial charge in [0.25, 0.3) is 0 Å². The van der Waals surface area contributed by atoms with Crippen LogP contribution in [-0.4, -0.2) is 32.1 Å². The normalized spacial score (nSPS) is 18.3. The van der Waals surface area contributed by atoms with Gasteiger partial charge in [0.1, 0.15) is 5.75 Å². The second-order valence-electron chi connectivity index (χ2n) is 4.96. The van der Waals surface area contributed by atoms with E-state index in [-0.39, 0.29) is 5.91 Å². The number of rotatable bonds is 6. The molecule has 0 radical (unpaired) electrons. The summed E-state index contributed by atoms with van der Waals surface area (Å²) in [5.74, 6) is 0.902. The topological polar surface area (TPSA) is 50.4 Å². The molecule has 2 rings (SSSR count). The Hall–Kier alpha value is -1.55. The summed E-state index contributed by atoms with van der Waals surface area (Å²) in [5.41, 5.74) is 1.01. The maximum atomic E-state index is 11.8. The van der Waals surface area contributed by atoms with Gasteiger partial charge >= 0.3 is 0 Å². The Morgan fingerprint density at radius 2 is 2.21 bits per heavy atom. The monoisotopic (exact) mass is 262 g/mol. The Bertz CT molecular complexity index is 397. The van der Waals surface area contributed by atoms with E-state index in [2.05, 4.69) is 10.6 Å². The molecule has 2 N–H and O–H groups in total. The van der Waals surface area contributed by atoms with Crippen LogP contribution < -0.4 is 15.4 Å². The van der Waals surface area contributed by atoms with Crippen molar-refractivity contribution < 1.29 is 9.53 Å². The number of carbonyl (C=O) groups excluding carboxylic acids is 1. The third-order valence-electron chi connectivity index (χ3n) is 3.50. The molecule has 0 spiro atoms. The van der Waals surface area contributed by atoms with E-state index in [1.807, 2.05) is 24.3 Å². The van der Waals surface area contributed by atoms with Gasteiger partial charge in [-0.1, -0.05) is 12.1 Å². The van der Waals surface area contributed by atoms with E-state index in [0.29, 0.717) is 12.5 Å². The van der Waals surface area contributed by atoms with Crippen LogP contribution in [0.1, 0.15) is 24.8 Å². The van der Waals surface area contributed by atoms with Gasteiger partial charge in [0, 0.05) is 12.6 Å². The maximum Gasteiger partial charge on any atom is 0.224 e. The lowest BCUT2D eigenvalue weighted by atomic mass is 10.1. The first-order valence-corrected chi connectivity index (χ1v) is 6.91. The summed E-state index contributed by atoms with van der Waals surface area (Å²) in [6.07, 6.45) is 3.94. The van der Waals surface area contributed by atoms with E-state index in [4.69, 9.17) is 4.74 Å². The highest BCUT2D eigenvalue weighted by Crippen LogP contribution is 2.11. The van der Waals surface area contributed by atoms with Crippen molar-refractivity contribution in [3.05, 3.63) is 29.8 Å². The summed E-state index contributed by atoms with van der Waals surface area (Å²) in [6, 6.07) is 8.20. The molecule has 1 atom stereocenters. The highest BCUT2D eigenvalue weighted by atomic mass is 16.5. The van der Waals surface area contributed by atoms with Crippen LogP contribution in [0.25, 0.3) is 0 Å². The average molecular weight is 262 g/mol. The number of hydrogen-bond donors (Lipinski definition) is 2. The first kappa shape index (κ1) is 13.9. The standard InChI is InChI=1S/C15H22N2O2/c1-19-14-6-4-12(5-7-14)11-15(18)17-10-8-13-3-2-9-16-13/h4-7,13,16H,2-3,8-11H2,1H3,(H,17,18)/t13-/m0/s1. The van der Waals surface area contributed by atoms with Crippen LogP contribution >= 0.6 is 0 Å². The predicted octanol–water partition coefficient (Wildman–Crippen LogP) is 1.50. The van der Waals surface area contributed by atoms with Gasteiger partial charge in [-0.25, -0.2) is 0 Å². The van der Waals surface area contributed by atoms with Gasteiger partial charge < -0.3 is 15.4 Å².